The fourth-order valence-electron chi connectivity index (χ4n) is 3.29. The zero-order valence-corrected chi connectivity index (χ0v) is 11.2. The molecule has 1 heterocycles. The Morgan fingerprint density at radius 3 is 2.65 bits per heavy atom. The summed E-state index contributed by atoms with van der Waals surface area (Å²) in [5.41, 5.74) is -0.154. The van der Waals surface area contributed by atoms with Crippen molar-refractivity contribution in [3.63, 3.8) is 0 Å². The van der Waals surface area contributed by atoms with Gasteiger partial charge in [0.25, 0.3) is 0 Å². The van der Waals surface area contributed by atoms with Gasteiger partial charge in [0, 0.05) is 13.1 Å². The minimum atomic E-state index is -0.154. The van der Waals surface area contributed by atoms with E-state index in [1.165, 1.54) is 25.7 Å². The molecule has 0 aromatic heterocycles. The molecule has 1 aliphatic heterocycles. The Balaban J connectivity index is 1.88. The van der Waals surface area contributed by atoms with E-state index in [9.17, 15) is 4.79 Å². The number of hydrogen-bond acceptors (Lipinski definition) is 2. The van der Waals surface area contributed by atoms with Crippen molar-refractivity contribution < 1.29 is 4.79 Å². The molecule has 3 heteroatoms. The lowest BCUT2D eigenvalue weighted by atomic mass is 9.75. The van der Waals surface area contributed by atoms with Crippen molar-refractivity contribution in [1.82, 2.24) is 10.6 Å². The number of nitrogens with one attached hydrogen (secondary N) is 2. The van der Waals surface area contributed by atoms with E-state index in [1.54, 1.807) is 0 Å². The Morgan fingerprint density at radius 1 is 1.41 bits per heavy atom. The summed E-state index contributed by atoms with van der Waals surface area (Å²) in [7, 11) is 0. The summed E-state index contributed by atoms with van der Waals surface area (Å²) in [5, 5.41) is 6.55. The third-order valence-electron chi connectivity index (χ3n) is 4.77. The van der Waals surface area contributed by atoms with Crippen molar-refractivity contribution in [2.24, 2.45) is 17.3 Å². The molecule has 0 aromatic rings. The highest BCUT2D eigenvalue weighted by molar-refractivity contribution is 5.83. The third-order valence-corrected chi connectivity index (χ3v) is 4.77. The van der Waals surface area contributed by atoms with E-state index in [-0.39, 0.29) is 11.3 Å². The van der Waals surface area contributed by atoms with Crippen molar-refractivity contribution in [3.05, 3.63) is 0 Å². The standard InChI is InChI=1S/C14H26N2O/c1-11(2)14(7-8-15-10-14)13(17)16-9-12-5-3-4-6-12/h11-12,15H,3-10H2,1-2H3,(H,16,17). The van der Waals surface area contributed by atoms with Crippen molar-refractivity contribution in [1.29, 1.82) is 0 Å². The largest absolute Gasteiger partial charge is 0.355 e. The second kappa shape index (κ2) is 5.38. The average Bonchev–Trinajstić information content (AvgIpc) is 2.97. The smallest absolute Gasteiger partial charge is 0.227 e. The van der Waals surface area contributed by atoms with E-state index in [0.29, 0.717) is 5.92 Å². The molecule has 0 radical (unpaired) electrons. The quantitative estimate of drug-likeness (QED) is 0.786. The minimum absolute atomic E-state index is 0.154. The van der Waals surface area contributed by atoms with Gasteiger partial charge in [0.15, 0.2) is 0 Å². The van der Waals surface area contributed by atoms with E-state index in [2.05, 4.69) is 24.5 Å². The fraction of sp³-hybridized carbons (Fsp3) is 0.929. The summed E-state index contributed by atoms with van der Waals surface area (Å²) < 4.78 is 0. The summed E-state index contributed by atoms with van der Waals surface area (Å²) in [6, 6.07) is 0. The third kappa shape index (κ3) is 2.65. The molecule has 1 aliphatic carbocycles. The number of hydrogen-bond donors (Lipinski definition) is 2. The van der Waals surface area contributed by atoms with Crippen LogP contribution in [0.4, 0.5) is 0 Å². The van der Waals surface area contributed by atoms with Crippen molar-refractivity contribution >= 4 is 5.91 Å². The first-order chi connectivity index (χ1) is 8.15. The summed E-state index contributed by atoms with van der Waals surface area (Å²) in [5.74, 6) is 1.43. The molecule has 3 nitrogen and oxygen atoms in total. The topological polar surface area (TPSA) is 41.1 Å². The predicted molar refractivity (Wildman–Crippen MR) is 69.7 cm³/mol. The highest BCUT2D eigenvalue weighted by Gasteiger charge is 2.43. The maximum absolute atomic E-state index is 12.4. The Hall–Kier alpha value is -0.570. The van der Waals surface area contributed by atoms with Crippen LogP contribution in [-0.2, 0) is 4.79 Å². The van der Waals surface area contributed by atoms with Gasteiger partial charge >= 0.3 is 0 Å². The molecule has 2 rings (SSSR count). The Bertz CT molecular complexity index is 263. The molecule has 1 unspecified atom stereocenters. The van der Waals surface area contributed by atoms with Crippen LogP contribution in [0.1, 0.15) is 46.0 Å². The van der Waals surface area contributed by atoms with Crippen LogP contribution in [0.25, 0.3) is 0 Å². The van der Waals surface area contributed by atoms with Gasteiger partial charge in [0.1, 0.15) is 0 Å². The second-order valence-electron chi connectivity index (χ2n) is 6.10. The highest BCUT2D eigenvalue weighted by Crippen LogP contribution is 2.34. The highest BCUT2D eigenvalue weighted by atomic mass is 16.2. The monoisotopic (exact) mass is 238 g/mol. The molecule has 98 valence electrons. The average molecular weight is 238 g/mol. The molecule has 1 saturated heterocycles. The minimum Gasteiger partial charge on any atom is -0.355 e. The Morgan fingerprint density at radius 2 is 2.12 bits per heavy atom. The molecule has 0 bridgehead atoms. The van der Waals surface area contributed by atoms with Crippen LogP contribution in [0.3, 0.4) is 0 Å². The molecule has 2 N–H and O–H groups in total. The molecule has 17 heavy (non-hydrogen) atoms. The van der Waals surface area contributed by atoms with Crippen LogP contribution in [-0.4, -0.2) is 25.5 Å². The van der Waals surface area contributed by atoms with Crippen LogP contribution >= 0.6 is 0 Å². The molecular formula is C14H26N2O. The maximum atomic E-state index is 12.4. The fourth-order valence-corrected chi connectivity index (χ4v) is 3.29. The Kier molecular flexibility index (Phi) is 4.08. The lowest BCUT2D eigenvalue weighted by Gasteiger charge is -2.31. The van der Waals surface area contributed by atoms with E-state index in [1.807, 2.05) is 0 Å². The number of carbonyl (C=O) groups is 1. The van der Waals surface area contributed by atoms with Gasteiger partial charge in [-0.3, -0.25) is 4.79 Å². The Labute approximate surface area is 105 Å². The van der Waals surface area contributed by atoms with Gasteiger partial charge in [0.05, 0.1) is 5.41 Å². The lowest BCUT2D eigenvalue weighted by molar-refractivity contribution is -0.132. The van der Waals surface area contributed by atoms with Crippen LogP contribution in [0.2, 0.25) is 0 Å². The van der Waals surface area contributed by atoms with Gasteiger partial charge < -0.3 is 10.6 Å². The summed E-state index contributed by atoms with van der Waals surface area (Å²) >= 11 is 0. The summed E-state index contributed by atoms with van der Waals surface area (Å²) in [6.45, 7) is 7.06. The van der Waals surface area contributed by atoms with Gasteiger partial charge in [-0.25, -0.2) is 0 Å². The summed E-state index contributed by atoms with van der Waals surface area (Å²) in [6.07, 6.45) is 6.27. The second-order valence-corrected chi connectivity index (χ2v) is 6.10. The maximum Gasteiger partial charge on any atom is 0.227 e. The van der Waals surface area contributed by atoms with E-state index in [4.69, 9.17) is 0 Å². The lowest BCUT2D eigenvalue weighted by Crippen LogP contribution is -2.47. The van der Waals surface area contributed by atoms with Gasteiger partial charge in [-0.2, -0.15) is 0 Å². The first-order valence-electron chi connectivity index (χ1n) is 7.14. The van der Waals surface area contributed by atoms with E-state index >= 15 is 0 Å². The zero-order chi connectivity index (χ0) is 12.3. The molecule has 2 aliphatic rings. The first kappa shape index (κ1) is 12.9. The van der Waals surface area contributed by atoms with Crippen molar-refractivity contribution in [2.45, 2.75) is 46.0 Å². The molecule has 2 fully saturated rings. The van der Waals surface area contributed by atoms with Gasteiger partial charge in [-0.15, -0.1) is 0 Å². The zero-order valence-electron chi connectivity index (χ0n) is 11.2. The molecule has 1 saturated carbocycles. The number of rotatable bonds is 4. The van der Waals surface area contributed by atoms with Gasteiger partial charge in [-0.05, 0) is 37.6 Å². The van der Waals surface area contributed by atoms with E-state index in [0.717, 1.165) is 32.0 Å². The van der Waals surface area contributed by atoms with Crippen LogP contribution < -0.4 is 10.6 Å². The SMILES string of the molecule is CC(C)C1(C(=O)NCC2CCCC2)CCNC1. The predicted octanol–water partition coefficient (Wildman–Crippen LogP) is 1.93. The van der Waals surface area contributed by atoms with Gasteiger partial charge in [-0.1, -0.05) is 26.7 Å². The van der Waals surface area contributed by atoms with Crippen molar-refractivity contribution in [3.8, 4) is 0 Å². The molecule has 0 spiro atoms. The summed E-state index contributed by atoms with van der Waals surface area (Å²) in [4.78, 5) is 12.4. The molecule has 0 aromatic carbocycles. The van der Waals surface area contributed by atoms with Gasteiger partial charge in [0.2, 0.25) is 5.91 Å². The number of carbonyl (C=O) groups excluding carboxylic acids is 1. The van der Waals surface area contributed by atoms with Crippen LogP contribution in [0.15, 0.2) is 0 Å². The van der Waals surface area contributed by atoms with Crippen LogP contribution in [0, 0.1) is 17.3 Å². The number of amides is 1. The van der Waals surface area contributed by atoms with Crippen molar-refractivity contribution in [2.75, 3.05) is 19.6 Å². The van der Waals surface area contributed by atoms with Crippen LogP contribution in [0.5, 0.6) is 0 Å². The van der Waals surface area contributed by atoms with E-state index < -0.39 is 0 Å². The first-order valence-corrected chi connectivity index (χ1v) is 7.14. The molecule has 1 atom stereocenters. The normalized spacial score (nSPS) is 30.1. The molecule has 1 amide bonds. The molecular weight excluding hydrogens is 212 g/mol.